The molecular formula is C15H16O10S. The number of rotatable bonds is 8. The maximum atomic E-state index is 11.6. The summed E-state index contributed by atoms with van der Waals surface area (Å²) < 4.78 is 28.5. The van der Waals surface area contributed by atoms with E-state index in [-0.39, 0.29) is 42.7 Å². The van der Waals surface area contributed by atoms with E-state index < -0.39 is 22.9 Å². The van der Waals surface area contributed by atoms with Crippen LogP contribution >= 0.6 is 11.8 Å². The first-order valence-corrected chi connectivity index (χ1v) is 8.47. The second-order valence-electron chi connectivity index (χ2n) is 5.02. The van der Waals surface area contributed by atoms with Crippen LogP contribution in [0.15, 0.2) is 27.3 Å². The highest BCUT2D eigenvalue weighted by molar-refractivity contribution is 8.13. The number of hydrogen-bond donors (Lipinski definition) is 0. The average Bonchev–Trinajstić information content (AvgIpc) is 3.07. The van der Waals surface area contributed by atoms with E-state index in [1.54, 1.807) is 0 Å². The summed E-state index contributed by atoms with van der Waals surface area (Å²) >= 11 is 0.876. The smallest absolute Gasteiger partial charge is 0.457 e. The molecule has 0 atom stereocenters. The summed E-state index contributed by atoms with van der Waals surface area (Å²) in [7, 11) is 0. The summed E-state index contributed by atoms with van der Waals surface area (Å²) in [5.41, 5.74) is 0. The molecular weight excluding hydrogens is 372 g/mol. The minimum absolute atomic E-state index is 0.0805. The summed E-state index contributed by atoms with van der Waals surface area (Å²) in [6.45, 7) is 2.64. The second-order valence-corrected chi connectivity index (χ2v) is 6.05. The normalized spacial score (nSPS) is 10.7. The zero-order valence-corrected chi connectivity index (χ0v) is 14.8. The largest absolute Gasteiger partial charge is 0.519 e. The van der Waals surface area contributed by atoms with Gasteiger partial charge < -0.3 is 27.1 Å². The molecule has 0 saturated carbocycles. The Kier molecular flexibility index (Phi) is 6.89. The van der Waals surface area contributed by atoms with Crippen molar-refractivity contribution in [1.29, 1.82) is 0 Å². The molecule has 0 bridgehead atoms. The van der Waals surface area contributed by atoms with Crippen molar-refractivity contribution in [3.8, 4) is 0 Å². The van der Waals surface area contributed by atoms with Crippen molar-refractivity contribution in [2.24, 2.45) is 0 Å². The molecule has 2 aromatic heterocycles. The van der Waals surface area contributed by atoms with Gasteiger partial charge in [-0.05, 0) is 32.0 Å². The fraction of sp³-hybridized carbons (Fsp3) is 0.467. The molecule has 142 valence electrons. The van der Waals surface area contributed by atoms with Gasteiger partial charge in [-0.25, -0.2) is 14.4 Å². The van der Waals surface area contributed by atoms with Crippen LogP contribution in [0.5, 0.6) is 0 Å². The quantitative estimate of drug-likeness (QED) is 0.486. The lowest BCUT2D eigenvalue weighted by Gasteiger charge is -2.03. The van der Waals surface area contributed by atoms with Crippen LogP contribution in [0.4, 0.5) is 4.79 Å². The molecule has 0 N–H and O–H groups in total. The van der Waals surface area contributed by atoms with Crippen molar-refractivity contribution >= 4 is 23.0 Å². The highest BCUT2D eigenvalue weighted by atomic mass is 32.2. The van der Waals surface area contributed by atoms with Crippen LogP contribution in [0.3, 0.4) is 0 Å². The van der Waals surface area contributed by atoms with Crippen molar-refractivity contribution < 1.29 is 36.7 Å². The zero-order valence-electron chi connectivity index (χ0n) is 14.0. The fourth-order valence-electron chi connectivity index (χ4n) is 1.77. The average molecular weight is 388 g/mol. The molecule has 11 heteroatoms. The SMILES string of the molecule is Cc1oc(=O)oc1COC(=O)CCCSC(=O)OCc1oc(=O)oc1C. The minimum Gasteiger partial charge on any atom is -0.457 e. The van der Waals surface area contributed by atoms with Gasteiger partial charge in [-0.2, -0.15) is 0 Å². The number of ether oxygens (including phenoxy) is 2. The molecule has 0 saturated heterocycles. The molecule has 0 aliphatic carbocycles. The van der Waals surface area contributed by atoms with Crippen LogP contribution in [-0.4, -0.2) is 17.0 Å². The first-order chi connectivity index (χ1) is 12.3. The predicted molar refractivity (Wildman–Crippen MR) is 85.6 cm³/mol. The van der Waals surface area contributed by atoms with Crippen molar-refractivity contribution in [2.75, 3.05) is 5.75 Å². The molecule has 0 amide bonds. The van der Waals surface area contributed by atoms with Crippen LogP contribution in [0.2, 0.25) is 0 Å². The van der Waals surface area contributed by atoms with Gasteiger partial charge in [0, 0.05) is 12.2 Å². The first kappa shape index (κ1) is 19.6. The van der Waals surface area contributed by atoms with Gasteiger partial charge in [-0.1, -0.05) is 0 Å². The number of thioether (sulfide) groups is 1. The van der Waals surface area contributed by atoms with Gasteiger partial charge in [0.15, 0.2) is 36.3 Å². The lowest BCUT2D eigenvalue weighted by Crippen LogP contribution is -2.06. The highest BCUT2D eigenvalue weighted by Crippen LogP contribution is 2.13. The molecule has 0 aliphatic heterocycles. The van der Waals surface area contributed by atoms with E-state index in [0.29, 0.717) is 12.2 Å². The van der Waals surface area contributed by atoms with E-state index in [4.69, 9.17) is 18.3 Å². The lowest BCUT2D eigenvalue weighted by atomic mass is 10.3. The highest BCUT2D eigenvalue weighted by Gasteiger charge is 2.13. The van der Waals surface area contributed by atoms with Crippen LogP contribution in [-0.2, 0) is 27.5 Å². The van der Waals surface area contributed by atoms with Crippen LogP contribution < -0.4 is 11.6 Å². The van der Waals surface area contributed by atoms with E-state index in [0.717, 1.165) is 11.8 Å². The van der Waals surface area contributed by atoms with Gasteiger partial charge in [-0.15, -0.1) is 0 Å². The molecule has 0 aromatic carbocycles. The monoisotopic (exact) mass is 388 g/mol. The maximum absolute atomic E-state index is 11.6. The van der Waals surface area contributed by atoms with Crippen LogP contribution in [0, 0.1) is 13.8 Å². The molecule has 2 rings (SSSR count). The van der Waals surface area contributed by atoms with Gasteiger partial charge in [-0.3, -0.25) is 4.79 Å². The fourth-order valence-corrected chi connectivity index (χ4v) is 2.37. The minimum atomic E-state index is -0.857. The Labute approximate surface area is 150 Å². The molecule has 2 aromatic rings. The third-order valence-corrected chi connectivity index (χ3v) is 3.95. The number of carbonyl (C=O) groups is 2. The second kappa shape index (κ2) is 9.13. The predicted octanol–water partition coefficient (Wildman–Crippen LogP) is 2.29. The Morgan fingerprint density at radius 1 is 0.885 bits per heavy atom. The van der Waals surface area contributed by atoms with Crippen molar-refractivity contribution in [2.45, 2.75) is 39.9 Å². The Morgan fingerprint density at radius 2 is 1.42 bits per heavy atom. The van der Waals surface area contributed by atoms with Crippen LogP contribution in [0.25, 0.3) is 0 Å². The zero-order chi connectivity index (χ0) is 19.1. The van der Waals surface area contributed by atoms with Gasteiger partial charge in [0.25, 0.3) is 0 Å². The molecule has 0 radical (unpaired) electrons. The molecule has 0 aliphatic rings. The van der Waals surface area contributed by atoms with Gasteiger partial charge in [0.2, 0.25) is 0 Å². The number of aryl methyl sites for hydroxylation is 2. The molecule has 0 unspecified atom stereocenters. The van der Waals surface area contributed by atoms with E-state index in [2.05, 4.69) is 8.83 Å². The molecule has 0 fully saturated rings. The summed E-state index contributed by atoms with van der Waals surface area (Å²) in [4.78, 5) is 44.8. The third kappa shape index (κ3) is 5.99. The van der Waals surface area contributed by atoms with Gasteiger partial charge in [0.05, 0.1) is 0 Å². The van der Waals surface area contributed by atoms with E-state index in [9.17, 15) is 19.2 Å². The van der Waals surface area contributed by atoms with Gasteiger partial charge >= 0.3 is 22.9 Å². The Hall–Kier alpha value is -2.69. The summed E-state index contributed by atoms with van der Waals surface area (Å²) in [5, 5.41) is -0.572. The summed E-state index contributed by atoms with van der Waals surface area (Å²) in [5.74, 6) is -1.07. The molecule has 2 heterocycles. The molecule has 0 spiro atoms. The third-order valence-electron chi connectivity index (χ3n) is 3.10. The summed E-state index contributed by atoms with van der Waals surface area (Å²) in [6.07, 6.45) is 0.462. The van der Waals surface area contributed by atoms with Crippen molar-refractivity contribution in [3.05, 3.63) is 44.3 Å². The van der Waals surface area contributed by atoms with E-state index in [1.165, 1.54) is 13.8 Å². The van der Waals surface area contributed by atoms with Crippen LogP contribution in [0.1, 0.15) is 35.9 Å². The maximum Gasteiger partial charge on any atom is 0.519 e. The van der Waals surface area contributed by atoms with E-state index in [1.807, 2.05) is 0 Å². The van der Waals surface area contributed by atoms with Gasteiger partial charge in [0.1, 0.15) is 0 Å². The number of hydrogen-bond acceptors (Lipinski definition) is 11. The molecule has 26 heavy (non-hydrogen) atoms. The van der Waals surface area contributed by atoms with E-state index >= 15 is 0 Å². The Bertz CT molecular complexity index is 795. The van der Waals surface area contributed by atoms with Crippen molar-refractivity contribution in [1.82, 2.24) is 0 Å². The number of esters is 1. The lowest BCUT2D eigenvalue weighted by molar-refractivity contribution is -0.145. The Balaban J connectivity index is 1.59. The molecule has 10 nitrogen and oxygen atoms in total. The summed E-state index contributed by atoms with van der Waals surface area (Å²) in [6, 6.07) is 0. The van der Waals surface area contributed by atoms with Crippen molar-refractivity contribution in [3.63, 3.8) is 0 Å². The first-order valence-electron chi connectivity index (χ1n) is 7.49. The number of carbonyl (C=O) groups excluding carboxylic acids is 2. The standard InChI is InChI=1S/C15H16O10S/c1-8-10(24-13(17)22-8)6-20-12(16)4-3-5-26-15(19)21-7-11-9(2)23-14(18)25-11/h3-7H2,1-2H3. The topological polar surface area (TPSA) is 139 Å². The Morgan fingerprint density at radius 3 is 1.92 bits per heavy atom.